The normalized spacial score (nSPS) is 30.9. The topological polar surface area (TPSA) is 206 Å². The number of hydrogen-bond donors (Lipinski definition) is 3. The molecule has 3 saturated carbocycles. The number of likely N-dealkylation sites (tertiary alicyclic amines) is 3. The van der Waals surface area contributed by atoms with Gasteiger partial charge in [-0.1, -0.05) is 14.9 Å². The molecule has 6 fully saturated rings. The van der Waals surface area contributed by atoms with Crippen molar-refractivity contribution in [2.24, 2.45) is 23.5 Å². The maximum atomic E-state index is 11.9. The fourth-order valence-corrected chi connectivity index (χ4v) is 6.80. The number of hydrogen-bond acceptors (Lipinski definition) is 9. The standard InChI is InChI=1S/C11H18N2O3.2C11H17NO4.2CH4.H2/c1-11(2,3)16-10(15)13-7-4-6(7)5-8(13)9(12)14;2*1-11(2,3)16-10(15)12-7-4-6(7)5-8(12)9(13)14;;;/h6-8H,4-5H2,1-3H3,(H2,12,14);2*6-8H,4-5H2,1-3H3,(H,13,14);2*1H4;1H/t3*6-,7-,8?;;;/m000.../s1. The highest BCUT2D eigenvalue weighted by molar-refractivity contribution is 5.86. The Kier molecular flexibility index (Phi) is 12.6. The van der Waals surface area contributed by atoms with Gasteiger partial charge in [0.1, 0.15) is 34.9 Å². The number of nitrogens with two attached hydrogens (primary N) is 1. The van der Waals surface area contributed by atoms with E-state index < -0.39 is 71.1 Å². The number of nitrogens with zero attached hydrogens (tertiary/aromatic N) is 3. The molecular formula is C35H62N4O11. The van der Waals surface area contributed by atoms with Gasteiger partial charge in [-0.2, -0.15) is 0 Å². The largest absolute Gasteiger partial charge is 0.480 e. The summed E-state index contributed by atoms with van der Waals surface area (Å²) in [5, 5.41) is 18.0. The molecule has 0 radical (unpaired) electrons. The Morgan fingerprint density at radius 1 is 0.520 bits per heavy atom. The lowest BCUT2D eigenvalue weighted by atomic mass is 10.1. The summed E-state index contributed by atoms with van der Waals surface area (Å²) in [7, 11) is 0. The number of rotatable bonds is 3. The molecule has 288 valence electrons. The van der Waals surface area contributed by atoms with Crippen LogP contribution in [0.2, 0.25) is 0 Å². The van der Waals surface area contributed by atoms with E-state index in [9.17, 15) is 28.8 Å². The van der Waals surface area contributed by atoms with Crippen LogP contribution >= 0.6 is 0 Å². The summed E-state index contributed by atoms with van der Waals surface area (Å²) in [5.41, 5.74) is 3.60. The fraction of sp³-hybridized carbons (Fsp3) is 0.829. The third-order valence-electron chi connectivity index (χ3n) is 9.02. The van der Waals surface area contributed by atoms with Gasteiger partial charge >= 0.3 is 30.2 Å². The van der Waals surface area contributed by atoms with Crippen LogP contribution < -0.4 is 5.73 Å². The molecule has 0 spiro atoms. The highest BCUT2D eigenvalue weighted by Crippen LogP contribution is 2.50. The van der Waals surface area contributed by atoms with E-state index in [0.717, 1.165) is 19.3 Å². The van der Waals surface area contributed by atoms with Crippen LogP contribution in [0.5, 0.6) is 0 Å². The van der Waals surface area contributed by atoms with E-state index in [1.807, 2.05) is 20.8 Å². The van der Waals surface area contributed by atoms with Crippen LogP contribution in [0.15, 0.2) is 0 Å². The van der Waals surface area contributed by atoms with Gasteiger partial charge in [-0.15, -0.1) is 0 Å². The third kappa shape index (κ3) is 10.4. The van der Waals surface area contributed by atoms with Gasteiger partial charge < -0.3 is 30.2 Å². The number of primary amides is 1. The van der Waals surface area contributed by atoms with Gasteiger partial charge in [0.2, 0.25) is 5.91 Å². The summed E-state index contributed by atoms with van der Waals surface area (Å²) in [6, 6.07) is -1.50. The molecule has 3 saturated heterocycles. The SMILES string of the molecule is C.C.CC(C)(C)OC(=O)N1C(C(=O)O)C[C@@H]2C[C@@H]21.CC(C)(C)OC(=O)N1C(C(=O)O)C[C@@H]2C[C@@H]21.CC(C)(C)OC(=O)N1C(C(N)=O)C[C@@H]2C[C@@H]21.[HH]. The minimum absolute atomic E-state index is 0. The highest BCUT2D eigenvalue weighted by atomic mass is 16.6. The number of carbonyl (C=O) groups is 6. The zero-order valence-electron chi connectivity index (χ0n) is 29.4. The highest BCUT2D eigenvalue weighted by Gasteiger charge is 2.59. The molecule has 50 heavy (non-hydrogen) atoms. The lowest BCUT2D eigenvalue weighted by Crippen LogP contribution is -2.47. The second-order valence-corrected chi connectivity index (χ2v) is 16.7. The van der Waals surface area contributed by atoms with Gasteiger partial charge in [-0.25, -0.2) is 24.0 Å². The second kappa shape index (κ2) is 14.8. The van der Waals surface area contributed by atoms with E-state index in [0.29, 0.717) is 37.0 Å². The lowest BCUT2D eigenvalue weighted by molar-refractivity contribution is -0.143. The van der Waals surface area contributed by atoms with E-state index in [4.69, 9.17) is 30.2 Å². The minimum Gasteiger partial charge on any atom is -0.480 e. The van der Waals surface area contributed by atoms with Crippen molar-refractivity contribution in [3.05, 3.63) is 0 Å². The van der Waals surface area contributed by atoms with E-state index in [2.05, 4.69) is 0 Å². The predicted molar refractivity (Wildman–Crippen MR) is 185 cm³/mol. The van der Waals surface area contributed by atoms with Gasteiger partial charge in [0.05, 0.1) is 0 Å². The van der Waals surface area contributed by atoms with Crippen molar-refractivity contribution >= 4 is 36.1 Å². The fourth-order valence-electron chi connectivity index (χ4n) is 6.80. The Bertz CT molecular complexity index is 1170. The number of fused-ring (bicyclic) bond motifs is 3. The molecule has 3 aliphatic carbocycles. The van der Waals surface area contributed by atoms with Crippen molar-refractivity contribution in [3.63, 3.8) is 0 Å². The minimum atomic E-state index is -0.932. The first kappa shape index (κ1) is 42.4. The molecule has 0 aromatic heterocycles. The Balaban J connectivity index is 0.000000372. The van der Waals surface area contributed by atoms with Crippen LogP contribution in [-0.2, 0) is 28.6 Å². The van der Waals surface area contributed by atoms with Crippen molar-refractivity contribution in [1.82, 2.24) is 14.7 Å². The van der Waals surface area contributed by atoms with E-state index in [1.165, 1.54) is 14.7 Å². The number of carbonyl (C=O) groups excluding carboxylic acids is 4. The quantitative estimate of drug-likeness (QED) is 0.319. The van der Waals surface area contributed by atoms with E-state index in [-0.39, 0.29) is 34.4 Å². The monoisotopic (exact) mass is 714 g/mol. The molecule has 9 atom stereocenters. The van der Waals surface area contributed by atoms with Crippen molar-refractivity contribution in [2.45, 2.75) is 169 Å². The smallest absolute Gasteiger partial charge is 0.411 e. The Morgan fingerprint density at radius 2 is 0.760 bits per heavy atom. The second-order valence-electron chi connectivity index (χ2n) is 16.7. The van der Waals surface area contributed by atoms with Crippen molar-refractivity contribution in [3.8, 4) is 0 Å². The Labute approximate surface area is 297 Å². The summed E-state index contributed by atoms with van der Waals surface area (Å²) in [6.45, 7) is 16.1. The first-order valence-corrected chi connectivity index (χ1v) is 16.7. The molecule has 6 aliphatic rings. The molecule has 15 nitrogen and oxygen atoms in total. The van der Waals surface area contributed by atoms with Crippen LogP contribution in [0.25, 0.3) is 0 Å². The average Bonchev–Trinajstić information content (AvgIpc) is 3.86. The van der Waals surface area contributed by atoms with Gasteiger partial charge in [0.25, 0.3) is 0 Å². The van der Waals surface area contributed by atoms with E-state index >= 15 is 0 Å². The molecule has 0 aromatic rings. The van der Waals surface area contributed by atoms with Gasteiger partial charge in [-0.05, 0) is 119 Å². The number of carboxylic acids is 2. The zero-order chi connectivity index (χ0) is 36.3. The number of piperidine rings is 3. The molecule has 0 bridgehead atoms. The maximum Gasteiger partial charge on any atom is 0.411 e. The summed E-state index contributed by atoms with van der Waals surface area (Å²) in [6.07, 6.45) is 3.24. The molecule has 4 amide bonds. The van der Waals surface area contributed by atoms with Gasteiger partial charge in [-0.3, -0.25) is 19.5 Å². The number of amides is 4. The molecule has 4 N–H and O–H groups in total. The van der Waals surface area contributed by atoms with Crippen LogP contribution in [0, 0.1) is 17.8 Å². The molecule has 0 aromatic carbocycles. The summed E-state index contributed by atoms with van der Waals surface area (Å²) < 4.78 is 15.7. The first-order valence-electron chi connectivity index (χ1n) is 16.7. The van der Waals surface area contributed by atoms with Crippen LogP contribution in [-0.4, -0.2) is 114 Å². The van der Waals surface area contributed by atoms with Crippen LogP contribution in [0.4, 0.5) is 14.4 Å². The molecular weight excluding hydrogens is 652 g/mol. The number of ether oxygens (including phenoxy) is 3. The molecule has 3 heterocycles. The predicted octanol–water partition coefficient (Wildman–Crippen LogP) is 5.33. The average molecular weight is 715 g/mol. The Morgan fingerprint density at radius 3 is 0.980 bits per heavy atom. The van der Waals surface area contributed by atoms with Crippen molar-refractivity contribution in [1.29, 1.82) is 0 Å². The van der Waals surface area contributed by atoms with Crippen LogP contribution in [0.3, 0.4) is 0 Å². The molecule has 15 heteroatoms. The lowest BCUT2D eigenvalue weighted by Gasteiger charge is -2.28. The Hall–Kier alpha value is -3.78. The molecule has 6 rings (SSSR count). The molecule has 3 aliphatic heterocycles. The zero-order valence-corrected chi connectivity index (χ0v) is 29.4. The van der Waals surface area contributed by atoms with Gasteiger partial charge in [0.15, 0.2) is 0 Å². The third-order valence-corrected chi connectivity index (χ3v) is 9.02. The van der Waals surface area contributed by atoms with Crippen LogP contribution in [0.1, 0.15) is 117 Å². The number of carboxylic acid groups (broad SMARTS) is 2. The van der Waals surface area contributed by atoms with E-state index in [1.54, 1.807) is 41.5 Å². The molecule has 3 unspecified atom stereocenters. The van der Waals surface area contributed by atoms with Crippen molar-refractivity contribution < 1.29 is 54.6 Å². The summed E-state index contributed by atoms with van der Waals surface area (Å²) in [4.78, 5) is 73.2. The first-order chi connectivity index (χ1) is 21.9. The maximum absolute atomic E-state index is 11.9. The summed E-state index contributed by atoms with van der Waals surface area (Å²) >= 11 is 0. The number of aliphatic carboxylic acids is 2. The van der Waals surface area contributed by atoms with Gasteiger partial charge in [0, 0.05) is 19.6 Å². The van der Waals surface area contributed by atoms with Crippen molar-refractivity contribution in [2.75, 3.05) is 0 Å². The summed E-state index contributed by atoms with van der Waals surface area (Å²) in [5.74, 6) is -1.11.